The number of carbonyl (C=O) groups excluding carboxylic acids is 2. The Morgan fingerprint density at radius 1 is 1.06 bits per heavy atom. The molecule has 0 aromatic heterocycles. The topological polar surface area (TPSA) is 61.8 Å². The highest BCUT2D eigenvalue weighted by atomic mass is 16.7. The van der Waals surface area contributed by atoms with Gasteiger partial charge in [0.15, 0.2) is 5.79 Å². The summed E-state index contributed by atoms with van der Waals surface area (Å²) in [4.78, 5) is 26.3. The van der Waals surface area contributed by atoms with E-state index in [1.54, 1.807) is 0 Å². The van der Waals surface area contributed by atoms with E-state index in [-0.39, 0.29) is 40.8 Å². The van der Waals surface area contributed by atoms with Gasteiger partial charge in [-0.25, -0.2) is 0 Å². The molecule has 0 bridgehead atoms. The largest absolute Gasteiger partial charge is 0.462 e. The fourth-order valence-corrected chi connectivity index (χ4v) is 10.5. The molecule has 4 saturated carbocycles. The second kappa shape index (κ2) is 8.79. The zero-order chi connectivity index (χ0) is 25.5. The van der Waals surface area contributed by atoms with Crippen molar-refractivity contribution in [1.29, 1.82) is 0 Å². The molecule has 202 valence electrons. The Balaban J connectivity index is 1.21. The number of ketones is 1. The summed E-state index contributed by atoms with van der Waals surface area (Å²) >= 11 is 0. The molecule has 5 heteroatoms. The molecule has 0 radical (unpaired) electrons. The summed E-state index contributed by atoms with van der Waals surface area (Å²) in [6, 6.07) is 0. The van der Waals surface area contributed by atoms with Crippen LogP contribution in [0, 0.1) is 52.3 Å². The Morgan fingerprint density at radius 2 is 1.86 bits per heavy atom. The molecule has 5 nitrogen and oxygen atoms in total. The van der Waals surface area contributed by atoms with E-state index in [9.17, 15) is 9.59 Å². The third-order valence-corrected chi connectivity index (χ3v) is 12.5. The Labute approximate surface area is 217 Å². The summed E-state index contributed by atoms with van der Waals surface area (Å²) in [5.41, 5.74) is -0.0984. The van der Waals surface area contributed by atoms with Crippen LogP contribution in [0.15, 0.2) is 0 Å². The number of ether oxygens (including phenoxy) is 3. The fourth-order valence-electron chi connectivity index (χ4n) is 10.5. The molecule has 0 aromatic carbocycles. The minimum Gasteiger partial charge on any atom is -0.462 e. The van der Waals surface area contributed by atoms with Crippen molar-refractivity contribution in [1.82, 2.24) is 0 Å². The van der Waals surface area contributed by atoms with Crippen molar-refractivity contribution in [3.8, 4) is 0 Å². The molecule has 0 amide bonds. The molecule has 0 N–H and O–H groups in total. The first-order chi connectivity index (χ1) is 17.1. The average molecular weight is 501 g/mol. The molecule has 36 heavy (non-hydrogen) atoms. The number of hydrogen-bond donors (Lipinski definition) is 0. The van der Waals surface area contributed by atoms with Gasteiger partial charge in [-0.15, -0.1) is 0 Å². The maximum Gasteiger partial charge on any atom is 0.306 e. The second-order valence-electron chi connectivity index (χ2n) is 14.2. The highest BCUT2D eigenvalue weighted by molar-refractivity contribution is 5.87. The summed E-state index contributed by atoms with van der Waals surface area (Å²) in [6.07, 6.45) is 10.9. The first kappa shape index (κ1) is 25.3. The van der Waals surface area contributed by atoms with Crippen LogP contribution in [-0.2, 0) is 23.8 Å². The number of Topliss-reactive ketones (excluding diaryl/α,β-unsaturated/α-hetero) is 1. The maximum atomic E-state index is 14.2. The van der Waals surface area contributed by atoms with Crippen molar-refractivity contribution in [3.05, 3.63) is 0 Å². The lowest BCUT2D eigenvalue weighted by atomic mass is 9.44. The second-order valence-corrected chi connectivity index (χ2v) is 14.2. The van der Waals surface area contributed by atoms with E-state index in [1.165, 1.54) is 12.8 Å². The first-order valence-electron chi connectivity index (χ1n) is 15.2. The molecular formula is C31H48O5. The van der Waals surface area contributed by atoms with Crippen molar-refractivity contribution in [2.24, 2.45) is 52.3 Å². The molecule has 2 heterocycles. The van der Waals surface area contributed by atoms with Crippen LogP contribution in [0.4, 0.5) is 0 Å². The van der Waals surface area contributed by atoms with Gasteiger partial charge in [-0.2, -0.15) is 0 Å². The maximum absolute atomic E-state index is 14.2. The molecule has 2 saturated heterocycles. The van der Waals surface area contributed by atoms with Crippen LogP contribution in [0.25, 0.3) is 0 Å². The predicted octanol–water partition coefficient (Wildman–Crippen LogP) is 6.32. The van der Waals surface area contributed by atoms with Crippen LogP contribution >= 0.6 is 0 Å². The van der Waals surface area contributed by atoms with Gasteiger partial charge in [0.1, 0.15) is 11.9 Å². The smallest absolute Gasteiger partial charge is 0.306 e. The van der Waals surface area contributed by atoms with Gasteiger partial charge in [0.25, 0.3) is 0 Å². The minimum absolute atomic E-state index is 0.0378. The lowest BCUT2D eigenvalue weighted by Crippen LogP contribution is -2.58. The molecule has 6 fully saturated rings. The van der Waals surface area contributed by atoms with Crippen LogP contribution in [0.5, 0.6) is 0 Å². The summed E-state index contributed by atoms with van der Waals surface area (Å²) in [7, 11) is 0. The van der Waals surface area contributed by atoms with E-state index in [0.717, 1.165) is 58.0 Å². The number of rotatable bonds is 3. The van der Waals surface area contributed by atoms with E-state index in [2.05, 4.69) is 27.7 Å². The molecule has 6 rings (SSSR count). The van der Waals surface area contributed by atoms with Crippen molar-refractivity contribution in [2.75, 3.05) is 6.61 Å². The Kier molecular flexibility index (Phi) is 6.19. The van der Waals surface area contributed by atoms with Crippen LogP contribution < -0.4 is 0 Å². The number of fused-ring (bicyclic) bond motifs is 7. The highest BCUT2D eigenvalue weighted by Crippen LogP contribution is 2.70. The first-order valence-corrected chi connectivity index (χ1v) is 15.2. The fraction of sp³-hybridized carbons (Fsp3) is 0.935. The van der Waals surface area contributed by atoms with E-state index in [1.807, 2.05) is 6.92 Å². The van der Waals surface area contributed by atoms with Gasteiger partial charge in [0.05, 0.1) is 12.7 Å². The zero-order valence-corrected chi connectivity index (χ0v) is 23.2. The molecule has 0 aromatic rings. The van der Waals surface area contributed by atoms with E-state index in [4.69, 9.17) is 14.2 Å². The van der Waals surface area contributed by atoms with Gasteiger partial charge in [0, 0.05) is 36.5 Å². The van der Waals surface area contributed by atoms with Gasteiger partial charge < -0.3 is 14.2 Å². The summed E-state index contributed by atoms with van der Waals surface area (Å²) in [5.74, 6) is 3.19. The third-order valence-electron chi connectivity index (χ3n) is 12.5. The molecule has 1 spiro atoms. The molecular weight excluding hydrogens is 452 g/mol. The lowest BCUT2D eigenvalue weighted by Gasteiger charge is -2.60. The number of hydrogen-bond acceptors (Lipinski definition) is 5. The molecule has 6 aliphatic rings. The van der Waals surface area contributed by atoms with Gasteiger partial charge in [-0.3, -0.25) is 9.59 Å². The van der Waals surface area contributed by atoms with Crippen LogP contribution in [0.3, 0.4) is 0 Å². The van der Waals surface area contributed by atoms with Gasteiger partial charge in [-0.1, -0.05) is 34.6 Å². The molecule has 4 aliphatic carbocycles. The van der Waals surface area contributed by atoms with Gasteiger partial charge in [0.2, 0.25) is 0 Å². The van der Waals surface area contributed by atoms with Crippen molar-refractivity contribution in [2.45, 2.75) is 123 Å². The summed E-state index contributed by atoms with van der Waals surface area (Å²) < 4.78 is 19.1. The Bertz CT molecular complexity index is 891. The number of carbonyl (C=O) groups is 2. The van der Waals surface area contributed by atoms with E-state index >= 15 is 0 Å². The predicted molar refractivity (Wildman–Crippen MR) is 137 cm³/mol. The summed E-state index contributed by atoms with van der Waals surface area (Å²) in [5, 5.41) is 0. The van der Waals surface area contributed by atoms with Crippen molar-refractivity contribution < 1.29 is 23.8 Å². The standard InChI is InChI=1S/C31H48O5/c1-6-7-27(33)35-21-11-12-29(4)20(14-21)8-9-22-23(29)16-26(32)30(5)24(22)15-25-28(30)19(3)31(36-25)13-10-18(2)17-34-31/h18-25,28H,6-17H2,1-5H3/t18-,19-,20-,21+,22+,23-,24-,25-,28-,29-,30+,31+/m0/s1. The lowest BCUT2D eigenvalue weighted by molar-refractivity contribution is -0.272. The van der Waals surface area contributed by atoms with Crippen LogP contribution in [-0.4, -0.2) is 36.4 Å². The Morgan fingerprint density at radius 3 is 2.58 bits per heavy atom. The van der Waals surface area contributed by atoms with E-state index < -0.39 is 5.79 Å². The Hall–Kier alpha value is -0.940. The van der Waals surface area contributed by atoms with Crippen LogP contribution in [0.1, 0.15) is 105 Å². The zero-order valence-electron chi connectivity index (χ0n) is 23.2. The monoisotopic (exact) mass is 500 g/mol. The average Bonchev–Trinajstić information content (AvgIpc) is 3.28. The van der Waals surface area contributed by atoms with E-state index in [0.29, 0.717) is 41.8 Å². The van der Waals surface area contributed by atoms with Gasteiger partial charge in [-0.05, 0) is 86.4 Å². The summed E-state index contributed by atoms with van der Waals surface area (Å²) in [6.45, 7) is 12.2. The third kappa shape index (κ3) is 3.53. The molecule has 0 unspecified atom stereocenters. The van der Waals surface area contributed by atoms with Crippen molar-refractivity contribution in [3.63, 3.8) is 0 Å². The number of esters is 1. The normalized spacial score (nSPS) is 53.9. The quantitative estimate of drug-likeness (QED) is 0.424. The minimum atomic E-state index is -0.468. The molecule has 12 atom stereocenters. The van der Waals surface area contributed by atoms with Crippen molar-refractivity contribution >= 4 is 11.8 Å². The highest BCUT2D eigenvalue weighted by Gasteiger charge is 2.71. The SMILES string of the molecule is CCCC(=O)O[C@@H]1CC[C@@]2(C)[C@@H](CC[C@@H]3[C@@H]2CC(=O)[C@]2(C)[C@@H]4[C@H](C[C@@H]32)O[C@]2(CC[C@H](C)CO2)[C@H]4C)C1. The molecule has 2 aliphatic heterocycles. The van der Waals surface area contributed by atoms with Gasteiger partial charge >= 0.3 is 5.97 Å². The van der Waals surface area contributed by atoms with Crippen LogP contribution in [0.2, 0.25) is 0 Å².